The van der Waals surface area contributed by atoms with Crippen LogP contribution in [-0.2, 0) is 0 Å². The minimum atomic E-state index is -0.540. The summed E-state index contributed by atoms with van der Waals surface area (Å²) >= 11 is 0. The predicted octanol–water partition coefficient (Wildman–Crippen LogP) is 1.75. The van der Waals surface area contributed by atoms with E-state index in [1.54, 1.807) is 11.9 Å². The number of nitrogens with one attached hydrogen (secondary N) is 1. The third-order valence-electron chi connectivity index (χ3n) is 3.70. The molecule has 1 aliphatic carbocycles. The van der Waals surface area contributed by atoms with Crippen molar-refractivity contribution in [3.63, 3.8) is 0 Å². The lowest BCUT2D eigenvalue weighted by Crippen LogP contribution is -2.34. The highest BCUT2D eigenvalue weighted by atomic mass is 16.6. The molecule has 2 rings (SSSR count). The summed E-state index contributed by atoms with van der Waals surface area (Å²) in [4.78, 5) is 24.2. The molecular weight excluding hydrogens is 260 g/mol. The number of nitrogens with zero attached hydrogens (tertiary/aromatic N) is 2. The van der Waals surface area contributed by atoms with Gasteiger partial charge in [-0.1, -0.05) is 6.42 Å². The van der Waals surface area contributed by atoms with E-state index >= 15 is 0 Å². The van der Waals surface area contributed by atoms with Crippen molar-refractivity contribution < 1.29 is 9.72 Å². The summed E-state index contributed by atoms with van der Waals surface area (Å²) in [6, 6.07) is 4.16. The van der Waals surface area contributed by atoms with E-state index < -0.39 is 4.92 Å². The van der Waals surface area contributed by atoms with Gasteiger partial charge in [0.05, 0.1) is 4.92 Å². The van der Waals surface area contributed by atoms with Gasteiger partial charge in [-0.15, -0.1) is 0 Å². The van der Waals surface area contributed by atoms with Gasteiger partial charge in [0.25, 0.3) is 11.6 Å². The summed E-state index contributed by atoms with van der Waals surface area (Å²) in [5.41, 5.74) is 2.65. The molecule has 1 aliphatic rings. The van der Waals surface area contributed by atoms with Crippen LogP contribution in [0.15, 0.2) is 18.2 Å². The van der Waals surface area contributed by atoms with E-state index in [2.05, 4.69) is 5.43 Å². The van der Waals surface area contributed by atoms with Gasteiger partial charge in [-0.3, -0.25) is 20.8 Å². The molecule has 20 heavy (non-hydrogen) atoms. The van der Waals surface area contributed by atoms with Gasteiger partial charge in [0.15, 0.2) is 0 Å². The van der Waals surface area contributed by atoms with Gasteiger partial charge in [-0.2, -0.15) is 0 Å². The maximum Gasteiger partial charge on any atom is 0.293 e. The van der Waals surface area contributed by atoms with E-state index in [0.29, 0.717) is 11.5 Å². The predicted molar refractivity (Wildman–Crippen MR) is 75.2 cm³/mol. The Morgan fingerprint density at radius 3 is 2.75 bits per heavy atom. The number of hydrogen-bond acceptors (Lipinski definition) is 5. The van der Waals surface area contributed by atoms with Crippen LogP contribution in [0.2, 0.25) is 0 Å². The lowest BCUT2D eigenvalue weighted by molar-refractivity contribution is -0.384. The Labute approximate surface area is 116 Å². The number of amides is 1. The normalized spacial score (nSPS) is 14.5. The number of benzene rings is 1. The monoisotopic (exact) mass is 278 g/mol. The van der Waals surface area contributed by atoms with Crippen molar-refractivity contribution in [2.75, 3.05) is 19.0 Å². The number of rotatable bonds is 5. The Kier molecular flexibility index (Phi) is 4.19. The van der Waals surface area contributed by atoms with E-state index in [-0.39, 0.29) is 17.3 Å². The molecule has 0 aromatic heterocycles. The fourth-order valence-electron chi connectivity index (χ4n) is 2.31. The highest BCUT2D eigenvalue weighted by molar-refractivity contribution is 5.95. The summed E-state index contributed by atoms with van der Waals surface area (Å²) in [6.07, 6.45) is 3.55. The lowest BCUT2D eigenvalue weighted by atomic mass is 9.85. The van der Waals surface area contributed by atoms with Crippen LogP contribution >= 0.6 is 0 Å². The second-order valence-electron chi connectivity index (χ2n) is 5.12. The van der Waals surface area contributed by atoms with E-state index in [1.807, 2.05) is 0 Å². The zero-order chi connectivity index (χ0) is 14.7. The second-order valence-corrected chi connectivity index (χ2v) is 5.12. The zero-order valence-electron chi connectivity index (χ0n) is 11.3. The van der Waals surface area contributed by atoms with Gasteiger partial charge in [-0.25, -0.2) is 0 Å². The van der Waals surface area contributed by atoms with Gasteiger partial charge in [0, 0.05) is 25.2 Å². The molecule has 1 aromatic carbocycles. The molecule has 7 nitrogen and oxygen atoms in total. The maximum absolute atomic E-state index is 12.3. The molecule has 108 valence electrons. The first-order chi connectivity index (χ1) is 9.52. The highest BCUT2D eigenvalue weighted by Crippen LogP contribution is 2.28. The first-order valence-corrected chi connectivity index (χ1v) is 6.53. The lowest BCUT2D eigenvalue weighted by Gasteiger charge is -2.30. The number of nitrogen functional groups attached to an aromatic ring is 1. The summed E-state index contributed by atoms with van der Waals surface area (Å²) in [6.45, 7) is 0.723. The summed E-state index contributed by atoms with van der Waals surface area (Å²) in [5.74, 6) is 5.69. The van der Waals surface area contributed by atoms with E-state index in [9.17, 15) is 14.9 Å². The van der Waals surface area contributed by atoms with Crippen LogP contribution in [0.25, 0.3) is 0 Å². The standard InChI is InChI=1S/C13H18N4O3/c1-16(8-9-3-2-4-9)13(18)10-5-6-12(17(19)20)11(7-10)15-14/h5-7,9,15H,2-4,8,14H2,1H3. The molecule has 1 aromatic rings. The number of carbonyl (C=O) groups is 1. The Hall–Kier alpha value is -2.15. The molecule has 1 fully saturated rings. The molecule has 0 atom stereocenters. The molecule has 0 radical (unpaired) electrons. The Balaban J connectivity index is 2.14. The number of carbonyl (C=O) groups excluding carboxylic acids is 1. The van der Waals surface area contributed by atoms with Gasteiger partial charge in [0.1, 0.15) is 5.69 Å². The minimum Gasteiger partial charge on any atom is -0.341 e. The van der Waals surface area contributed by atoms with Crippen molar-refractivity contribution in [3.8, 4) is 0 Å². The van der Waals surface area contributed by atoms with E-state index in [4.69, 9.17) is 5.84 Å². The molecule has 1 saturated carbocycles. The highest BCUT2D eigenvalue weighted by Gasteiger charge is 2.23. The van der Waals surface area contributed by atoms with Gasteiger partial charge in [0.2, 0.25) is 0 Å². The molecule has 3 N–H and O–H groups in total. The first kappa shape index (κ1) is 14.3. The second kappa shape index (κ2) is 5.87. The molecule has 0 spiro atoms. The smallest absolute Gasteiger partial charge is 0.293 e. The Morgan fingerprint density at radius 1 is 1.55 bits per heavy atom. The first-order valence-electron chi connectivity index (χ1n) is 6.53. The number of anilines is 1. The molecule has 1 amide bonds. The summed E-state index contributed by atoms with van der Waals surface area (Å²) in [7, 11) is 1.75. The fourth-order valence-corrected chi connectivity index (χ4v) is 2.31. The van der Waals surface area contributed by atoms with Crippen LogP contribution in [0.3, 0.4) is 0 Å². The van der Waals surface area contributed by atoms with Crippen molar-refractivity contribution in [2.24, 2.45) is 11.8 Å². The molecular formula is C13H18N4O3. The molecule has 0 bridgehead atoms. The van der Waals surface area contributed by atoms with Crippen molar-refractivity contribution in [2.45, 2.75) is 19.3 Å². The average molecular weight is 278 g/mol. The summed E-state index contributed by atoms with van der Waals surface area (Å²) in [5, 5.41) is 10.8. The van der Waals surface area contributed by atoms with E-state index in [0.717, 1.165) is 19.4 Å². The number of nitro groups is 1. The summed E-state index contributed by atoms with van der Waals surface area (Å²) < 4.78 is 0. The number of hydrazine groups is 1. The SMILES string of the molecule is CN(CC1CCC1)C(=O)c1ccc([N+](=O)[O-])c(NN)c1. The Morgan fingerprint density at radius 2 is 2.25 bits per heavy atom. The minimum absolute atomic E-state index is 0.137. The number of hydrogen-bond donors (Lipinski definition) is 2. The van der Waals surface area contributed by atoms with Crippen LogP contribution in [0.5, 0.6) is 0 Å². The number of nitrogens with two attached hydrogens (primary N) is 1. The van der Waals surface area contributed by atoms with Crippen LogP contribution in [0.1, 0.15) is 29.6 Å². The maximum atomic E-state index is 12.3. The van der Waals surface area contributed by atoms with E-state index in [1.165, 1.54) is 24.6 Å². The Bertz CT molecular complexity index is 528. The topological polar surface area (TPSA) is 102 Å². The number of nitro benzene ring substituents is 1. The van der Waals surface area contributed by atoms with Crippen LogP contribution in [-0.4, -0.2) is 29.3 Å². The third kappa shape index (κ3) is 2.88. The van der Waals surface area contributed by atoms with Crippen LogP contribution in [0, 0.1) is 16.0 Å². The average Bonchev–Trinajstić information content (AvgIpc) is 2.40. The third-order valence-corrected chi connectivity index (χ3v) is 3.70. The van der Waals surface area contributed by atoms with Crippen molar-refractivity contribution in [1.82, 2.24) is 4.90 Å². The molecule has 0 heterocycles. The van der Waals surface area contributed by atoms with Crippen LogP contribution in [0.4, 0.5) is 11.4 Å². The molecule has 0 aliphatic heterocycles. The van der Waals surface area contributed by atoms with Gasteiger partial charge < -0.3 is 10.3 Å². The zero-order valence-corrected chi connectivity index (χ0v) is 11.3. The largest absolute Gasteiger partial charge is 0.341 e. The van der Waals surface area contributed by atoms with Gasteiger partial charge >= 0.3 is 0 Å². The molecule has 0 saturated heterocycles. The van der Waals surface area contributed by atoms with Crippen molar-refractivity contribution in [1.29, 1.82) is 0 Å². The molecule has 7 heteroatoms. The van der Waals surface area contributed by atoms with Gasteiger partial charge in [-0.05, 0) is 30.9 Å². The molecule has 0 unspecified atom stereocenters. The quantitative estimate of drug-likeness (QED) is 0.485. The fraction of sp³-hybridized carbons (Fsp3) is 0.462. The van der Waals surface area contributed by atoms with Crippen molar-refractivity contribution >= 4 is 17.3 Å². The van der Waals surface area contributed by atoms with Crippen LogP contribution < -0.4 is 11.3 Å². The van der Waals surface area contributed by atoms with Crippen molar-refractivity contribution in [3.05, 3.63) is 33.9 Å².